The molecule has 0 aromatic carbocycles. The van der Waals surface area contributed by atoms with Crippen LogP contribution in [0.1, 0.15) is 57.8 Å². The van der Waals surface area contributed by atoms with Crippen molar-refractivity contribution in [1.29, 1.82) is 0 Å². The topological polar surface area (TPSA) is 105 Å². The molecule has 31 heavy (non-hydrogen) atoms. The van der Waals surface area contributed by atoms with Crippen LogP contribution in [0.5, 0.6) is 0 Å². The van der Waals surface area contributed by atoms with Crippen LogP contribution in [0, 0.1) is 41.9 Å². The summed E-state index contributed by atoms with van der Waals surface area (Å²) in [6.07, 6.45) is 10.2. The fourth-order valence-corrected chi connectivity index (χ4v) is 7.57. The lowest BCUT2D eigenvalue weighted by Gasteiger charge is -2.59. The SMILES string of the molecule is C#CCNC(=O)C1CCC2C(C1)C(=O)OC21C2CCC(O)CC2OC2CC(O)CCC21. The van der Waals surface area contributed by atoms with Gasteiger partial charge in [-0.3, -0.25) is 9.59 Å². The van der Waals surface area contributed by atoms with Gasteiger partial charge >= 0.3 is 5.97 Å². The van der Waals surface area contributed by atoms with Gasteiger partial charge in [-0.05, 0) is 57.8 Å². The molecule has 0 bridgehead atoms. The minimum absolute atomic E-state index is 0.0612. The largest absolute Gasteiger partial charge is 0.458 e. The number of nitrogens with one attached hydrogen (secondary N) is 1. The van der Waals surface area contributed by atoms with Crippen LogP contribution < -0.4 is 5.32 Å². The van der Waals surface area contributed by atoms with Gasteiger partial charge in [0, 0.05) is 23.7 Å². The lowest BCUT2D eigenvalue weighted by atomic mass is 9.54. The normalized spacial score (nSPS) is 48.7. The Hall–Kier alpha value is -1.62. The Bertz CT molecular complexity index is 751. The van der Waals surface area contributed by atoms with Crippen LogP contribution in [0.15, 0.2) is 0 Å². The van der Waals surface area contributed by atoms with E-state index in [1.54, 1.807) is 0 Å². The Morgan fingerprint density at radius 3 is 2.23 bits per heavy atom. The number of rotatable bonds is 2. The summed E-state index contributed by atoms with van der Waals surface area (Å²) in [7, 11) is 0. The minimum Gasteiger partial charge on any atom is -0.458 e. The predicted octanol–water partition coefficient (Wildman–Crippen LogP) is 1.15. The highest BCUT2D eigenvalue weighted by molar-refractivity contribution is 5.82. The summed E-state index contributed by atoms with van der Waals surface area (Å²) >= 11 is 0. The fraction of sp³-hybridized carbons (Fsp3) is 0.833. The van der Waals surface area contributed by atoms with Crippen molar-refractivity contribution in [2.24, 2.45) is 29.6 Å². The highest BCUT2D eigenvalue weighted by Crippen LogP contribution is 2.61. The molecule has 2 aliphatic heterocycles. The van der Waals surface area contributed by atoms with E-state index in [4.69, 9.17) is 15.9 Å². The van der Waals surface area contributed by atoms with E-state index in [1.165, 1.54) is 0 Å². The van der Waals surface area contributed by atoms with E-state index in [9.17, 15) is 19.8 Å². The summed E-state index contributed by atoms with van der Waals surface area (Å²) < 4.78 is 12.9. The van der Waals surface area contributed by atoms with Crippen molar-refractivity contribution in [3.8, 4) is 12.3 Å². The van der Waals surface area contributed by atoms with E-state index < -0.39 is 17.8 Å². The second-order valence-electron chi connectivity index (χ2n) is 10.3. The van der Waals surface area contributed by atoms with E-state index in [1.807, 2.05) is 0 Å². The first-order valence-corrected chi connectivity index (χ1v) is 11.9. The number of terminal acetylenes is 1. The molecule has 1 spiro atoms. The Kier molecular flexibility index (Phi) is 5.52. The van der Waals surface area contributed by atoms with Crippen LogP contribution in [0.2, 0.25) is 0 Å². The third kappa shape index (κ3) is 3.39. The zero-order chi connectivity index (χ0) is 21.8. The zero-order valence-electron chi connectivity index (χ0n) is 17.9. The van der Waals surface area contributed by atoms with Crippen LogP contribution in [0.4, 0.5) is 0 Å². The smallest absolute Gasteiger partial charge is 0.309 e. The second kappa shape index (κ2) is 8.06. The van der Waals surface area contributed by atoms with Gasteiger partial charge in [0.1, 0.15) is 5.60 Å². The third-order valence-corrected chi connectivity index (χ3v) is 8.78. The summed E-state index contributed by atoms with van der Waals surface area (Å²) in [5, 5.41) is 23.3. The van der Waals surface area contributed by atoms with Crippen molar-refractivity contribution in [1.82, 2.24) is 5.32 Å². The molecule has 5 aliphatic rings. The molecule has 0 aromatic heterocycles. The van der Waals surface area contributed by atoms with Crippen molar-refractivity contribution in [3.63, 3.8) is 0 Å². The van der Waals surface area contributed by atoms with Crippen LogP contribution in [-0.4, -0.2) is 58.7 Å². The van der Waals surface area contributed by atoms with Crippen molar-refractivity contribution >= 4 is 11.9 Å². The summed E-state index contributed by atoms with van der Waals surface area (Å²) in [4.78, 5) is 25.7. The predicted molar refractivity (Wildman–Crippen MR) is 110 cm³/mol. The molecule has 9 unspecified atom stereocenters. The zero-order valence-corrected chi connectivity index (χ0v) is 17.9. The first-order chi connectivity index (χ1) is 14.9. The maximum atomic E-state index is 13.2. The molecule has 2 saturated heterocycles. The number of carbonyl (C=O) groups is 2. The van der Waals surface area contributed by atoms with Crippen molar-refractivity contribution < 1.29 is 29.3 Å². The number of aliphatic hydroxyl groups is 2. The Balaban J connectivity index is 1.45. The third-order valence-electron chi connectivity index (χ3n) is 8.78. The number of hydrogen-bond donors (Lipinski definition) is 3. The molecule has 0 radical (unpaired) electrons. The quantitative estimate of drug-likeness (QED) is 0.448. The van der Waals surface area contributed by atoms with Crippen LogP contribution >= 0.6 is 0 Å². The van der Waals surface area contributed by atoms with Crippen molar-refractivity contribution in [2.75, 3.05) is 6.54 Å². The molecular weight excluding hydrogens is 398 g/mol. The lowest BCUT2D eigenvalue weighted by molar-refractivity contribution is -0.268. The van der Waals surface area contributed by atoms with Gasteiger partial charge in [0.25, 0.3) is 0 Å². The molecular formula is C24H33NO6. The maximum Gasteiger partial charge on any atom is 0.309 e. The molecule has 3 saturated carbocycles. The van der Waals surface area contributed by atoms with Gasteiger partial charge in [0.2, 0.25) is 5.91 Å². The average molecular weight is 432 g/mol. The molecule has 5 fully saturated rings. The molecule has 0 aromatic rings. The van der Waals surface area contributed by atoms with Gasteiger partial charge in [-0.2, -0.15) is 0 Å². The molecule has 7 nitrogen and oxygen atoms in total. The molecule has 170 valence electrons. The highest BCUT2D eigenvalue weighted by Gasteiger charge is 2.69. The molecule has 3 aliphatic carbocycles. The number of esters is 1. The minimum atomic E-state index is -0.601. The molecule has 7 heteroatoms. The molecule has 3 N–H and O–H groups in total. The van der Waals surface area contributed by atoms with Crippen LogP contribution in [0.3, 0.4) is 0 Å². The van der Waals surface area contributed by atoms with Crippen molar-refractivity contribution in [3.05, 3.63) is 0 Å². The van der Waals surface area contributed by atoms with Crippen molar-refractivity contribution in [2.45, 2.75) is 87.8 Å². The Labute approximate surface area is 183 Å². The van der Waals surface area contributed by atoms with E-state index in [2.05, 4.69) is 11.2 Å². The van der Waals surface area contributed by atoms with E-state index in [0.717, 1.165) is 25.7 Å². The average Bonchev–Trinajstić information content (AvgIpc) is 3.04. The number of hydrogen-bond acceptors (Lipinski definition) is 6. The monoisotopic (exact) mass is 431 g/mol. The number of amides is 1. The van der Waals surface area contributed by atoms with E-state index in [-0.39, 0.29) is 60.2 Å². The van der Waals surface area contributed by atoms with Gasteiger partial charge in [-0.1, -0.05) is 5.92 Å². The van der Waals surface area contributed by atoms with E-state index in [0.29, 0.717) is 32.1 Å². The van der Waals surface area contributed by atoms with Crippen LogP contribution in [0.25, 0.3) is 0 Å². The number of ether oxygens (including phenoxy) is 2. The summed E-state index contributed by atoms with van der Waals surface area (Å²) in [5.41, 5.74) is -0.601. The first-order valence-electron chi connectivity index (χ1n) is 11.9. The summed E-state index contributed by atoms with van der Waals surface area (Å²) in [5.74, 6) is 1.87. The van der Waals surface area contributed by atoms with Gasteiger partial charge in [0.15, 0.2) is 0 Å². The van der Waals surface area contributed by atoms with E-state index >= 15 is 0 Å². The Morgan fingerprint density at radius 2 is 1.61 bits per heavy atom. The van der Waals surface area contributed by atoms with Gasteiger partial charge in [0.05, 0.1) is 36.9 Å². The Morgan fingerprint density at radius 1 is 1.00 bits per heavy atom. The highest BCUT2D eigenvalue weighted by atomic mass is 16.6. The second-order valence-corrected chi connectivity index (χ2v) is 10.3. The number of carbonyl (C=O) groups excluding carboxylic acids is 2. The summed E-state index contributed by atoms with van der Waals surface area (Å²) in [6.45, 7) is 0.202. The summed E-state index contributed by atoms with van der Waals surface area (Å²) in [6, 6.07) is 0. The number of fused-ring (bicyclic) bond motifs is 6. The fourth-order valence-electron chi connectivity index (χ4n) is 7.57. The first kappa shape index (κ1) is 21.2. The van der Waals surface area contributed by atoms with Gasteiger partial charge in [-0.25, -0.2) is 0 Å². The van der Waals surface area contributed by atoms with Gasteiger partial charge < -0.3 is 25.0 Å². The van der Waals surface area contributed by atoms with Gasteiger partial charge in [-0.15, -0.1) is 6.42 Å². The van der Waals surface area contributed by atoms with Crippen LogP contribution in [-0.2, 0) is 19.1 Å². The lowest BCUT2D eigenvalue weighted by Crippen LogP contribution is -2.66. The number of aliphatic hydroxyl groups excluding tert-OH is 2. The maximum absolute atomic E-state index is 13.2. The molecule has 2 heterocycles. The molecule has 1 amide bonds. The standard InChI is InChI=1S/C24H33NO6/c1-2-9-25-22(28)13-3-6-17-16(10-13)23(29)31-24(17)18-7-4-14(26)11-20(18)30-21-12-15(27)5-8-19(21)24/h1,13-21,26-27H,3-12H2,(H,25,28). The molecule has 9 atom stereocenters. The molecule has 5 rings (SSSR count).